The van der Waals surface area contributed by atoms with Crippen LogP contribution in [-0.2, 0) is 0 Å². The lowest BCUT2D eigenvalue weighted by atomic mass is 9.84. The summed E-state index contributed by atoms with van der Waals surface area (Å²) >= 11 is 0. The SMILES string of the molecule is CC(C)(C)C1(N)CC1(F)F. The van der Waals surface area contributed by atoms with Crippen molar-refractivity contribution in [1.82, 2.24) is 0 Å². The summed E-state index contributed by atoms with van der Waals surface area (Å²) in [6.07, 6.45) is -0.163. The Labute approximate surface area is 59.6 Å². The summed E-state index contributed by atoms with van der Waals surface area (Å²) in [5.74, 6) is -2.63. The van der Waals surface area contributed by atoms with Crippen LogP contribution in [0.15, 0.2) is 0 Å². The predicted octanol–water partition coefficient (Wildman–Crippen LogP) is 1.77. The summed E-state index contributed by atoms with van der Waals surface area (Å²) in [4.78, 5) is 0. The predicted molar refractivity (Wildman–Crippen MR) is 35.9 cm³/mol. The summed E-state index contributed by atoms with van der Waals surface area (Å²) in [5, 5.41) is 0. The Morgan fingerprint density at radius 2 is 1.60 bits per heavy atom. The second kappa shape index (κ2) is 1.52. The minimum atomic E-state index is -2.63. The molecule has 0 aliphatic heterocycles. The zero-order valence-electron chi connectivity index (χ0n) is 6.54. The monoisotopic (exact) mass is 149 g/mol. The Balaban J connectivity index is 2.78. The van der Waals surface area contributed by atoms with Gasteiger partial charge in [0.1, 0.15) is 0 Å². The van der Waals surface area contributed by atoms with Crippen molar-refractivity contribution in [3.05, 3.63) is 0 Å². The number of hydrogen-bond acceptors (Lipinski definition) is 1. The third-order valence-corrected chi connectivity index (χ3v) is 2.37. The van der Waals surface area contributed by atoms with E-state index in [9.17, 15) is 8.78 Å². The lowest BCUT2D eigenvalue weighted by molar-refractivity contribution is 0.0561. The molecule has 0 amide bonds. The average molecular weight is 149 g/mol. The normalized spacial score (nSPS) is 37.8. The van der Waals surface area contributed by atoms with Crippen LogP contribution >= 0.6 is 0 Å². The molecule has 1 fully saturated rings. The lowest BCUT2D eigenvalue weighted by Crippen LogP contribution is -2.43. The molecule has 3 heteroatoms. The summed E-state index contributed by atoms with van der Waals surface area (Å²) < 4.78 is 25.1. The molecule has 1 atom stereocenters. The number of rotatable bonds is 0. The molecule has 0 bridgehead atoms. The van der Waals surface area contributed by atoms with Crippen LogP contribution in [0.3, 0.4) is 0 Å². The highest BCUT2D eigenvalue weighted by Crippen LogP contribution is 2.59. The fourth-order valence-corrected chi connectivity index (χ4v) is 1.12. The van der Waals surface area contributed by atoms with E-state index in [2.05, 4.69) is 0 Å². The van der Waals surface area contributed by atoms with Gasteiger partial charge in [0, 0.05) is 6.42 Å². The molecule has 0 aromatic carbocycles. The van der Waals surface area contributed by atoms with Crippen LogP contribution < -0.4 is 5.73 Å². The molecule has 1 saturated carbocycles. The van der Waals surface area contributed by atoms with Crippen molar-refractivity contribution < 1.29 is 8.78 Å². The molecule has 0 radical (unpaired) electrons. The summed E-state index contributed by atoms with van der Waals surface area (Å²) in [7, 11) is 0. The van der Waals surface area contributed by atoms with Gasteiger partial charge in [-0.3, -0.25) is 0 Å². The Morgan fingerprint density at radius 3 is 1.60 bits per heavy atom. The number of hydrogen-bond donors (Lipinski definition) is 1. The van der Waals surface area contributed by atoms with E-state index in [4.69, 9.17) is 5.73 Å². The molecule has 0 aromatic heterocycles. The van der Waals surface area contributed by atoms with Gasteiger partial charge in [-0.25, -0.2) is 8.78 Å². The van der Waals surface area contributed by atoms with Crippen LogP contribution in [0.4, 0.5) is 8.78 Å². The van der Waals surface area contributed by atoms with Crippen LogP contribution in [0.5, 0.6) is 0 Å². The van der Waals surface area contributed by atoms with Crippen LogP contribution in [0.2, 0.25) is 0 Å². The fraction of sp³-hybridized carbons (Fsp3) is 1.00. The molecule has 0 saturated heterocycles. The minimum Gasteiger partial charge on any atom is -0.320 e. The zero-order chi connectivity index (χ0) is 8.21. The van der Waals surface area contributed by atoms with Crippen LogP contribution in [0.25, 0.3) is 0 Å². The van der Waals surface area contributed by atoms with E-state index < -0.39 is 16.9 Å². The molecule has 1 aliphatic carbocycles. The Bertz CT molecular complexity index is 159. The first-order valence-electron chi connectivity index (χ1n) is 3.37. The van der Waals surface area contributed by atoms with E-state index in [1.165, 1.54) is 0 Å². The maximum atomic E-state index is 12.6. The first-order valence-corrected chi connectivity index (χ1v) is 3.37. The van der Waals surface area contributed by atoms with Crippen molar-refractivity contribution in [3.63, 3.8) is 0 Å². The van der Waals surface area contributed by atoms with Crippen molar-refractivity contribution in [2.75, 3.05) is 0 Å². The van der Waals surface area contributed by atoms with Gasteiger partial charge >= 0.3 is 0 Å². The first kappa shape index (κ1) is 7.92. The van der Waals surface area contributed by atoms with Gasteiger partial charge in [-0.15, -0.1) is 0 Å². The molecule has 2 N–H and O–H groups in total. The van der Waals surface area contributed by atoms with Gasteiger partial charge in [0.2, 0.25) is 0 Å². The molecule has 0 aromatic rings. The Kier molecular flexibility index (Phi) is 1.21. The van der Waals surface area contributed by atoms with E-state index in [0.717, 1.165) is 0 Å². The van der Waals surface area contributed by atoms with Crippen molar-refractivity contribution in [2.24, 2.45) is 11.1 Å². The van der Waals surface area contributed by atoms with Gasteiger partial charge < -0.3 is 5.73 Å². The Hall–Kier alpha value is -0.180. The third-order valence-electron chi connectivity index (χ3n) is 2.37. The standard InChI is InChI=1S/C7H13F2N/c1-5(2,3)6(10)4-7(6,8)9/h4,10H2,1-3H3. The highest BCUT2D eigenvalue weighted by Gasteiger charge is 2.73. The van der Waals surface area contributed by atoms with Gasteiger partial charge in [-0.1, -0.05) is 20.8 Å². The molecular formula is C7H13F2N. The van der Waals surface area contributed by atoms with Crippen molar-refractivity contribution in [1.29, 1.82) is 0 Å². The second-order valence-corrected chi connectivity index (χ2v) is 4.10. The second-order valence-electron chi connectivity index (χ2n) is 4.10. The molecule has 10 heavy (non-hydrogen) atoms. The quantitative estimate of drug-likeness (QED) is 0.558. The van der Waals surface area contributed by atoms with E-state index in [-0.39, 0.29) is 6.42 Å². The summed E-state index contributed by atoms with van der Waals surface area (Å²) in [5.41, 5.74) is 3.71. The maximum absolute atomic E-state index is 12.6. The van der Waals surface area contributed by atoms with Gasteiger partial charge in [0.25, 0.3) is 5.92 Å². The van der Waals surface area contributed by atoms with Crippen LogP contribution in [0.1, 0.15) is 27.2 Å². The lowest BCUT2D eigenvalue weighted by Gasteiger charge is -2.26. The van der Waals surface area contributed by atoms with E-state index in [1.54, 1.807) is 20.8 Å². The molecule has 1 rings (SSSR count). The molecule has 0 spiro atoms. The third kappa shape index (κ3) is 0.764. The van der Waals surface area contributed by atoms with Crippen molar-refractivity contribution in [2.45, 2.75) is 38.7 Å². The highest BCUT2D eigenvalue weighted by molar-refractivity contribution is 5.21. The van der Waals surface area contributed by atoms with Crippen LogP contribution in [-0.4, -0.2) is 11.5 Å². The minimum absolute atomic E-state index is 0.163. The maximum Gasteiger partial charge on any atom is 0.268 e. The number of nitrogens with two attached hydrogens (primary N) is 1. The summed E-state index contributed by atoms with van der Waals surface area (Å²) in [6, 6.07) is 0. The molecule has 1 unspecified atom stereocenters. The van der Waals surface area contributed by atoms with E-state index in [1.807, 2.05) is 0 Å². The van der Waals surface area contributed by atoms with Crippen LogP contribution in [0, 0.1) is 5.41 Å². The topological polar surface area (TPSA) is 26.0 Å². The van der Waals surface area contributed by atoms with Gasteiger partial charge in [-0.2, -0.15) is 0 Å². The van der Waals surface area contributed by atoms with Gasteiger partial charge in [-0.05, 0) is 5.41 Å². The fourth-order valence-electron chi connectivity index (χ4n) is 1.12. The smallest absolute Gasteiger partial charge is 0.268 e. The first-order chi connectivity index (χ1) is 4.21. The van der Waals surface area contributed by atoms with E-state index >= 15 is 0 Å². The number of halogens is 2. The van der Waals surface area contributed by atoms with E-state index in [0.29, 0.717) is 0 Å². The van der Waals surface area contributed by atoms with Gasteiger partial charge in [0.15, 0.2) is 0 Å². The summed E-state index contributed by atoms with van der Waals surface area (Å²) in [6.45, 7) is 5.23. The molecule has 1 aliphatic rings. The number of alkyl halides is 2. The Morgan fingerprint density at radius 1 is 1.30 bits per heavy atom. The molecule has 1 nitrogen and oxygen atoms in total. The molecular weight excluding hydrogens is 136 g/mol. The van der Waals surface area contributed by atoms with Crippen molar-refractivity contribution in [3.8, 4) is 0 Å². The van der Waals surface area contributed by atoms with Gasteiger partial charge in [0.05, 0.1) is 5.54 Å². The van der Waals surface area contributed by atoms with Crippen molar-refractivity contribution >= 4 is 0 Å². The highest BCUT2D eigenvalue weighted by atomic mass is 19.3. The molecule has 60 valence electrons. The molecule has 0 heterocycles. The largest absolute Gasteiger partial charge is 0.320 e. The average Bonchev–Trinajstić information content (AvgIpc) is 2.05. The zero-order valence-corrected chi connectivity index (χ0v) is 6.54.